The molecule has 2 atom stereocenters. The van der Waals surface area contributed by atoms with Crippen molar-refractivity contribution in [2.24, 2.45) is 5.92 Å². The standard InChI is InChI=1S/C13H18N2O2.ClH/c1-9-4-7-17-12(9)13(16)15-6-3-11-10(8-15)2-5-14-11;/h4,7,10-11,14H,2-3,5-6,8H2,1H3;1H. The van der Waals surface area contributed by atoms with Crippen LogP contribution in [0.25, 0.3) is 0 Å². The average Bonchev–Trinajstić information content (AvgIpc) is 2.95. The van der Waals surface area contributed by atoms with Gasteiger partial charge < -0.3 is 14.6 Å². The Bertz CT molecular complexity index is 432. The fourth-order valence-electron chi connectivity index (χ4n) is 2.97. The molecule has 2 aliphatic rings. The Hall–Kier alpha value is -1.00. The number of amides is 1. The van der Waals surface area contributed by atoms with E-state index in [2.05, 4.69) is 5.32 Å². The second-order valence-electron chi connectivity index (χ2n) is 5.08. The Kier molecular flexibility index (Phi) is 3.97. The molecular formula is C13H19ClN2O2. The fraction of sp³-hybridized carbons (Fsp3) is 0.615. The molecule has 1 amide bonds. The summed E-state index contributed by atoms with van der Waals surface area (Å²) in [6.07, 6.45) is 3.84. The van der Waals surface area contributed by atoms with E-state index in [1.807, 2.05) is 17.9 Å². The molecule has 2 unspecified atom stereocenters. The van der Waals surface area contributed by atoms with Gasteiger partial charge in [-0.05, 0) is 38.3 Å². The van der Waals surface area contributed by atoms with E-state index < -0.39 is 0 Å². The third-order valence-corrected chi connectivity index (χ3v) is 4.00. The summed E-state index contributed by atoms with van der Waals surface area (Å²) in [4.78, 5) is 14.2. The van der Waals surface area contributed by atoms with E-state index in [1.54, 1.807) is 6.26 Å². The normalized spacial score (nSPS) is 26.6. The summed E-state index contributed by atoms with van der Waals surface area (Å²) in [5, 5.41) is 3.50. The largest absolute Gasteiger partial charge is 0.459 e. The lowest BCUT2D eigenvalue weighted by atomic mass is 9.93. The molecule has 1 N–H and O–H groups in total. The maximum absolute atomic E-state index is 12.3. The zero-order valence-corrected chi connectivity index (χ0v) is 11.3. The first-order chi connectivity index (χ1) is 8.25. The van der Waals surface area contributed by atoms with Gasteiger partial charge in [0, 0.05) is 24.7 Å². The van der Waals surface area contributed by atoms with Crippen LogP contribution in [0.2, 0.25) is 0 Å². The number of piperidine rings is 1. The minimum absolute atomic E-state index is 0. The number of carbonyl (C=O) groups is 1. The van der Waals surface area contributed by atoms with Crippen molar-refractivity contribution >= 4 is 18.3 Å². The van der Waals surface area contributed by atoms with Gasteiger partial charge in [0.1, 0.15) is 0 Å². The molecule has 2 saturated heterocycles. The molecule has 2 aliphatic heterocycles. The lowest BCUT2D eigenvalue weighted by Crippen LogP contribution is -2.46. The van der Waals surface area contributed by atoms with Crippen molar-refractivity contribution in [3.8, 4) is 0 Å². The van der Waals surface area contributed by atoms with Gasteiger partial charge in [-0.3, -0.25) is 4.79 Å². The summed E-state index contributed by atoms with van der Waals surface area (Å²) in [5.74, 6) is 1.19. The highest BCUT2D eigenvalue weighted by atomic mass is 35.5. The zero-order valence-electron chi connectivity index (χ0n) is 10.5. The Labute approximate surface area is 113 Å². The Morgan fingerprint density at radius 1 is 1.50 bits per heavy atom. The molecule has 18 heavy (non-hydrogen) atoms. The van der Waals surface area contributed by atoms with Crippen LogP contribution in [0.5, 0.6) is 0 Å². The van der Waals surface area contributed by atoms with Crippen LogP contribution >= 0.6 is 12.4 Å². The molecule has 0 saturated carbocycles. The van der Waals surface area contributed by atoms with Gasteiger partial charge in [-0.25, -0.2) is 0 Å². The zero-order chi connectivity index (χ0) is 11.8. The third kappa shape index (κ3) is 2.27. The molecule has 4 nitrogen and oxygen atoms in total. The lowest BCUT2D eigenvalue weighted by molar-refractivity contribution is 0.0629. The number of likely N-dealkylation sites (tertiary alicyclic amines) is 1. The van der Waals surface area contributed by atoms with Crippen LogP contribution in [0.1, 0.15) is 29.0 Å². The van der Waals surface area contributed by atoms with E-state index in [0.717, 1.165) is 31.6 Å². The van der Waals surface area contributed by atoms with Gasteiger partial charge in [0.25, 0.3) is 5.91 Å². The molecule has 0 aliphatic carbocycles. The smallest absolute Gasteiger partial charge is 0.289 e. The topological polar surface area (TPSA) is 45.5 Å². The number of furan rings is 1. The van der Waals surface area contributed by atoms with Crippen LogP contribution in [0.3, 0.4) is 0 Å². The number of carbonyl (C=O) groups excluding carboxylic acids is 1. The minimum Gasteiger partial charge on any atom is -0.459 e. The molecule has 1 aromatic heterocycles. The molecule has 5 heteroatoms. The second kappa shape index (κ2) is 5.33. The number of rotatable bonds is 1. The molecule has 0 radical (unpaired) electrons. The van der Waals surface area contributed by atoms with Crippen LogP contribution in [-0.4, -0.2) is 36.5 Å². The number of hydrogen-bond acceptors (Lipinski definition) is 3. The number of nitrogens with one attached hydrogen (secondary N) is 1. The van der Waals surface area contributed by atoms with Gasteiger partial charge in [-0.15, -0.1) is 12.4 Å². The number of halogens is 1. The van der Waals surface area contributed by atoms with Crippen molar-refractivity contribution in [2.75, 3.05) is 19.6 Å². The van der Waals surface area contributed by atoms with Gasteiger partial charge >= 0.3 is 0 Å². The summed E-state index contributed by atoms with van der Waals surface area (Å²) in [5.41, 5.74) is 0.932. The fourth-order valence-corrected chi connectivity index (χ4v) is 2.97. The predicted molar refractivity (Wildman–Crippen MR) is 71.1 cm³/mol. The first-order valence-corrected chi connectivity index (χ1v) is 6.32. The Balaban J connectivity index is 0.00000120. The van der Waals surface area contributed by atoms with E-state index in [1.165, 1.54) is 6.42 Å². The highest BCUT2D eigenvalue weighted by Gasteiger charge is 2.35. The molecule has 3 heterocycles. The second-order valence-corrected chi connectivity index (χ2v) is 5.08. The van der Waals surface area contributed by atoms with E-state index >= 15 is 0 Å². The van der Waals surface area contributed by atoms with Gasteiger partial charge in [-0.2, -0.15) is 0 Å². The van der Waals surface area contributed by atoms with E-state index in [4.69, 9.17) is 4.42 Å². The molecule has 100 valence electrons. The summed E-state index contributed by atoms with van der Waals surface area (Å²) in [6, 6.07) is 2.47. The van der Waals surface area contributed by atoms with Crippen molar-refractivity contribution in [1.29, 1.82) is 0 Å². The van der Waals surface area contributed by atoms with Gasteiger partial charge in [0.05, 0.1) is 6.26 Å². The first-order valence-electron chi connectivity index (χ1n) is 6.32. The van der Waals surface area contributed by atoms with Crippen LogP contribution in [0.4, 0.5) is 0 Å². The van der Waals surface area contributed by atoms with Gasteiger partial charge in [0.2, 0.25) is 0 Å². The number of hydrogen-bond donors (Lipinski definition) is 1. The van der Waals surface area contributed by atoms with Crippen LogP contribution in [-0.2, 0) is 0 Å². The monoisotopic (exact) mass is 270 g/mol. The highest BCUT2D eigenvalue weighted by molar-refractivity contribution is 5.92. The maximum atomic E-state index is 12.3. The Morgan fingerprint density at radius 3 is 3.06 bits per heavy atom. The average molecular weight is 271 g/mol. The molecule has 0 bridgehead atoms. The van der Waals surface area contributed by atoms with Crippen molar-refractivity contribution in [1.82, 2.24) is 10.2 Å². The number of fused-ring (bicyclic) bond motifs is 1. The van der Waals surface area contributed by atoms with Gasteiger partial charge in [-0.1, -0.05) is 0 Å². The molecular weight excluding hydrogens is 252 g/mol. The summed E-state index contributed by atoms with van der Waals surface area (Å²) in [7, 11) is 0. The molecule has 0 aromatic carbocycles. The van der Waals surface area contributed by atoms with Crippen LogP contribution < -0.4 is 5.32 Å². The summed E-state index contributed by atoms with van der Waals surface area (Å²) < 4.78 is 5.28. The third-order valence-electron chi connectivity index (χ3n) is 4.00. The minimum atomic E-state index is 0. The molecule has 0 spiro atoms. The van der Waals surface area contributed by atoms with E-state index in [0.29, 0.717) is 17.7 Å². The predicted octanol–water partition coefficient (Wildman–Crippen LogP) is 1.83. The van der Waals surface area contributed by atoms with Crippen LogP contribution in [0, 0.1) is 12.8 Å². The van der Waals surface area contributed by atoms with Crippen molar-refractivity contribution in [3.63, 3.8) is 0 Å². The molecule has 2 fully saturated rings. The SMILES string of the molecule is Cc1ccoc1C(=O)N1CCC2NCCC2C1.Cl. The molecule has 3 rings (SSSR count). The Morgan fingerprint density at radius 2 is 2.33 bits per heavy atom. The van der Waals surface area contributed by atoms with E-state index in [-0.39, 0.29) is 18.3 Å². The number of nitrogens with zero attached hydrogens (tertiary/aromatic N) is 1. The molecule has 1 aromatic rings. The number of aryl methyl sites for hydroxylation is 1. The highest BCUT2D eigenvalue weighted by Crippen LogP contribution is 2.26. The van der Waals surface area contributed by atoms with Crippen molar-refractivity contribution in [3.05, 3.63) is 23.7 Å². The maximum Gasteiger partial charge on any atom is 0.289 e. The lowest BCUT2D eigenvalue weighted by Gasteiger charge is -2.34. The summed E-state index contributed by atoms with van der Waals surface area (Å²) in [6.45, 7) is 4.72. The quantitative estimate of drug-likeness (QED) is 0.847. The van der Waals surface area contributed by atoms with E-state index in [9.17, 15) is 4.79 Å². The van der Waals surface area contributed by atoms with Gasteiger partial charge in [0.15, 0.2) is 5.76 Å². The van der Waals surface area contributed by atoms with Crippen LogP contribution in [0.15, 0.2) is 16.7 Å². The van der Waals surface area contributed by atoms with Crippen molar-refractivity contribution in [2.45, 2.75) is 25.8 Å². The summed E-state index contributed by atoms with van der Waals surface area (Å²) >= 11 is 0. The van der Waals surface area contributed by atoms with Crippen molar-refractivity contribution < 1.29 is 9.21 Å². The first kappa shape index (κ1) is 13.4.